The van der Waals surface area contributed by atoms with Crippen LogP contribution in [0.2, 0.25) is 10.0 Å². The maximum absolute atomic E-state index is 13.8. The largest absolute Gasteiger partial charge is 0.486 e. The zero-order valence-corrected chi connectivity index (χ0v) is 19.3. The van der Waals surface area contributed by atoms with Gasteiger partial charge in [-0.25, -0.2) is 14.1 Å². The molecule has 1 N–H and O–H groups in total. The molecule has 0 unspecified atom stereocenters. The quantitative estimate of drug-likeness (QED) is 0.362. The Hall–Kier alpha value is -3.68. The van der Waals surface area contributed by atoms with Gasteiger partial charge >= 0.3 is 6.03 Å². The lowest BCUT2D eigenvalue weighted by Gasteiger charge is -2.26. The van der Waals surface area contributed by atoms with E-state index in [1.54, 1.807) is 42.5 Å². The van der Waals surface area contributed by atoms with Crippen LogP contribution in [0.5, 0.6) is 5.75 Å². The van der Waals surface area contributed by atoms with Gasteiger partial charge in [-0.15, -0.1) is 0 Å². The van der Waals surface area contributed by atoms with Crippen molar-refractivity contribution < 1.29 is 23.5 Å². The first kappa shape index (κ1) is 23.5. The number of rotatable bonds is 5. The summed E-state index contributed by atoms with van der Waals surface area (Å²) in [6.45, 7) is 1.77. The lowest BCUT2D eigenvalue weighted by Crippen LogP contribution is -2.54. The van der Waals surface area contributed by atoms with Crippen molar-refractivity contribution in [2.24, 2.45) is 0 Å². The van der Waals surface area contributed by atoms with E-state index in [0.29, 0.717) is 16.8 Å². The molecule has 1 saturated heterocycles. The molecule has 34 heavy (non-hydrogen) atoms. The van der Waals surface area contributed by atoms with Gasteiger partial charge in [-0.2, -0.15) is 0 Å². The molecule has 1 heterocycles. The molecule has 4 amide bonds. The standard InChI is InChI=1S/C25H17Cl2FN2O4/c1-14-6-8-17(9-7-14)30-24(32)18(23(31)29-25(30)33)10-15-11-19(26)22(20(27)12-15)34-13-16-4-2-3-5-21(16)28/h2-12H,13H2,1H3,(H,29,31,33)/b18-10+. The number of imide groups is 2. The number of amides is 4. The highest BCUT2D eigenvalue weighted by Gasteiger charge is 2.36. The number of anilines is 1. The summed E-state index contributed by atoms with van der Waals surface area (Å²) < 4.78 is 19.4. The number of carbonyl (C=O) groups excluding carboxylic acids is 3. The smallest absolute Gasteiger partial charge is 0.335 e. The molecule has 172 valence electrons. The molecule has 0 saturated carbocycles. The van der Waals surface area contributed by atoms with Gasteiger partial charge in [-0.1, -0.05) is 59.1 Å². The third-order valence-corrected chi connectivity index (χ3v) is 5.62. The van der Waals surface area contributed by atoms with Crippen LogP contribution in [0, 0.1) is 12.7 Å². The Morgan fingerprint density at radius 1 is 1.00 bits per heavy atom. The molecular weight excluding hydrogens is 482 g/mol. The summed E-state index contributed by atoms with van der Waals surface area (Å²) in [4.78, 5) is 38.6. The van der Waals surface area contributed by atoms with Crippen LogP contribution >= 0.6 is 23.2 Å². The topological polar surface area (TPSA) is 75.7 Å². The lowest BCUT2D eigenvalue weighted by atomic mass is 10.1. The SMILES string of the molecule is Cc1ccc(N2C(=O)NC(=O)/C(=C\c3cc(Cl)c(OCc4ccccc4F)c(Cl)c3)C2=O)cc1. The van der Waals surface area contributed by atoms with E-state index in [9.17, 15) is 18.8 Å². The number of urea groups is 1. The summed E-state index contributed by atoms with van der Waals surface area (Å²) in [7, 11) is 0. The number of hydrogen-bond donors (Lipinski definition) is 1. The number of aryl methyl sites for hydroxylation is 1. The van der Waals surface area contributed by atoms with Crippen LogP contribution in [0.25, 0.3) is 6.08 Å². The molecule has 6 nitrogen and oxygen atoms in total. The summed E-state index contributed by atoms with van der Waals surface area (Å²) >= 11 is 12.6. The first-order valence-corrected chi connectivity index (χ1v) is 10.8. The van der Waals surface area contributed by atoms with E-state index in [2.05, 4.69) is 5.32 Å². The Bertz CT molecular complexity index is 1320. The Kier molecular flexibility index (Phi) is 6.68. The van der Waals surface area contributed by atoms with E-state index in [0.717, 1.165) is 10.5 Å². The van der Waals surface area contributed by atoms with Crippen LogP contribution in [-0.2, 0) is 16.2 Å². The number of nitrogens with zero attached hydrogens (tertiary/aromatic N) is 1. The molecule has 0 bridgehead atoms. The number of benzene rings is 3. The van der Waals surface area contributed by atoms with E-state index >= 15 is 0 Å². The van der Waals surface area contributed by atoms with Gasteiger partial charge in [0.2, 0.25) is 0 Å². The third kappa shape index (κ3) is 4.81. The van der Waals surface area contributed by atoms with Gasteiger partial charge < -0.3 is 4.74 Å². The van der Waals surface area contributed by atoms with Gasteiger partial charge in [0.25, 0.3) is 11.8 Å². The van der Waals surface area contributed by atoms with Crippen molar-refractivity contribution >= 4 is 52.8 Å². The molecule has 3 aromatic rings. The van der Waals surface area contributed by atoms with Crippen LogP contribution in [0.3, 0.4) is 0 Å². The molecule has 0 aromatic heterocycles. The number of nitrogens with one attached hydrogen (secondary N) is 1. The van der Waals surface area contributed by atoms with Crippen LogP contribution in [0.1, 0.15) is 16.7 Å². The first-order valence-electron chi connectivity index (χ1n) is 10.1. The maximum Gasteiger partial charge on any atom is 0.335 e. The Labute approximate surface area is 204 Å². The minimum Gasteiger partial charge on any atom is -0.486 e. The second-order valence-corrected chi connectivity index (χ2v) is 8.30. The highest BCUT2D eigenvalue weighted by molar-refractivity contribution is 6.40. The molecule has 1 fully saturated rings. The molecule has 0 aliphatic carbocycles. The fraction of sp³-hybridized carbons (Fsp3) is 0.0800. The van der Waals surface area contributed by atoms with E-state index in [1.807, 2.05) is 6.92 Å². The highest BCUT2D eigenvalue weighted by Crippen LogP contribution is 2.36. The van der Waals surface area contributed by atoms with E-state index in [4.69, 9.17) is 27.9 Å². The predicted octanol–water partition coefficient (Wildman–Crippen LogP) is 5.69. The highest BCUT2D eigenvalue weighted by atomic mass is 35.5. The second-order valence-electron chi connectivity index (χ2n) is 7.49. The second kappa shape index (κ2) is 9.67. The summed E-state index contributed by atoms with van der Waals surface area (Å²) in [5.41, 5.74) is 1.66. The number of barbiturate groups is 1. The summed E-state index contributed by atoms with van der Waals surface area (Å²) in [6.07, 6.45) is 1.28. The Morgan fingerprint density at radius 3 is 2.29 bits per heavy atom. The summed E-state index contributed by atoms with van der Waals surface area (Å²) in [5, 5.41) is 2.37. The molecule has 0 spiro atoms. The number of halogens is 3. The minimum atomic E-state index is -0.844. The fourth-order valence-corrected chi connectivity index (χ4v) is 3.93. The molecule has 1 aliphatic heterocycles. The zero-order valence-electron chi connectivity index (χ0n) is 17.8. The van der Waals surface area contributed by atoms with Crippen LogP contribution < -0.4 is 15.0 Å². The third-order valence-electron chi connectivity index (χ3n) is 5.06. The molecule has 1 aliphatic rings. The monoisotopic (exact) mass is 498 g/mol. The zero-order chi connectivity index (χ0) is 24.4. The van der Waals surface area contributed by atoms with Crippen LogP contribution in [0.15, 0.2) is 66.2 Å². The average molecular weight is 499 g/mol. The Balaban J connectivity index is 1.61. The minimum absolute atomic E-state index is 0.0962. The van der Waals surface area contributed by atoms with Crippen molar-refractivity contribution in [2.75, 3.05) is 4.90 Å². The molecular formula is C25H17Cl2FN2O4. The first-order chi connectivity index (χ1) is 16.2. The van der Waals surface area contributed by atoms with Crippen molar-refractivity contribution in [3.05, 3.63) is 98.8 Å². The summed E-state index contributed by atoms with van der Waals surface area (Å²) in [5.74, 6) is -1.93. The van der Waals surface area contributed by atoms with E-state index in [-0.39, 0.29) is 28.0 Å². The van der Waals surface area contributed by atoms with Crippen molar-refractivity contribution in [3.63, 3.8) is 0 Å². The lowest BCUT2D eigenvalue weighted by molar-refractivity contribution is -0.122. The average Bonchev–Trinajstić information content (AvgIpc) is 2.78. The maximum atomic E-state index is 13.8. The van der Waals surface area contributed by atoms with Gasteiger partial charge in [0.05, 0.1) is 15.7 Å². The molecule has 4 rings (SSSR count). The van der Waals surface area contributed by atoms with Crippen LogP contribution in [-0.4, -0.2) is 17.8 Å². The van der Waals surface area contributed by atoms with Crippen molar-refractivity contribution in [1.29, 1.82) is 0 Å². The van der Waals surface area contributed by atoms with Crippen molar-refractivity contribution in [3.8, 4) is 5.75 Å². The number of ether oxygens (including phenoxy) is 1. The van der Waals surface area contributed by atoms with Gasteiger partial charge in [0.15, 0.2) is 5.75 Å². The van der Waals surface area contributed by atoms with Gasteiger partial charge in [0, 0.05) is 5.56 Å². The van der Waals surface area contributed by atoms with Crippen molar-refractivity contribution in [1.82, 2.24) is 5.32 Å². The molecule has 3 aromatic carbocycles. The Morgan fingerprint density at radius 2 is 1.65 bits per heavy atom. The number of hydrogen-bond acceptors (Lipinski definition) is 4. The predicted molar refractivity (Wildman–Crippen MR) is 127 cm³/mol. The molecule has 9 heteroatoms. The van der Waals surface area contributed by atoms with E-state index < -0.39 is 23.7 Å². The van der Waals surface area contributed by atoms with Crippen molar-refractivity contribution in [2.45, 2.75) is 13.5 Å². The normalized spacial score (nSPS) is 15.0. The molecule has 0 atom stereocenters. The van der Waals surface area contributed by atoms with Gasteiger partial charge in [-0.05, 0) is 48.9 Å². The number of carbonyl (C=O) groups is 3. The van der Waals surface area contributed by atoms with Crippen LogP contribution in [0.4, 0.5) is 14.9 Å². The fourth-order valence-electron chi connectivity index (χ4n) is 3.32. The van der Waals surface area contributed by atoms with E-state index in [1.165, 1.54) is 24.3 Å². The molecule has 0 radical (unpaired) electrons. The summed E-state index contributed by atoms with van der Waals surface area (Å²) in [6, 6.07) is 14.9. The van der Waals surface area contributed by atoms with Gasteiger partial charge in [0.1, 0.15) is 18.0 Å². The van der Waals surface area contributed by atoms with Gasteiger partial charge in [-0.3, -0.25) is 14.9 Å².